The number of hydrogen-bond acceptors (Lipinski definition) is 14. The average molecular weight is 782 g/mol. The number of nitrogens with zero attached hydrogens (tertiary/aromatic N) is 4. The molecule has 3 aliphatic rings. The lowest BCUT2D eigenvalue weighted by Crippen LogP contribution is -2.50. The van der Waals surface area contributed by atoms with Crippen molar-refractivity contribution in [2.75, 3.05) is 19.5 Å². The number of rotatable bonds is 17. The standard InChI is InChI=1S/C36H60N7O10P/c1-7-21(3)26(32(45)51-23-15-11-9-12-16-23)41-54(48,42-27(22(4)8-2)33(46)52-24-17-13-10-14-18-24)50-19-25-29(44)36(5,47)34(53-25)43-20-38-28-30(43)39-35(37)40-31(28)49-6/h20-27,29,34,44,47H,7-19H2,1-6H3,(H2,37,39,40)(H2,41,42,48)/t21-,22-,25+,26-,27-,29+,34+,36+/m0/s1. The first-order chi connectivity index (χ1) is 25.7. The molecule has 2 aromatic rings. The first-order valence-electron chi connectivity index (χ1n) is 19.5. The van der Waals surface area contributed by atoms with E-state index in [9.17, 15) is 19.8 Å². The molecule has 2 aromatic heterocycles. The van der Waals surface area contributed by atoms with Crippen molar-refractivity contribution >= 4 is 36.7 Å². The van der Waals surface area contributed by atoms with E-state index in [0.717, 1.165) is 64.2 Å². The molecule has 5 rings (SSSR count). The summed E-state index contributed by atoms with van der Waals surface area (Å²) < 4.78 is 46.1. The minimum atomic E-state index is -4.38. The van der Waals surface area contributed by atoms with Gasteiger partial charge in [0.15, 0.2) is 17.4 Å². The number of ether oxygens (including phenoxy) is 4. The molecule has 17 nitrogen and oxygen atoms in total. The van der Waals surface area contributed by atoms with Gasteiger partial charge in [0, 0.05) is 0 Å². The lowest BCUT2D eigenvalue weighted by atomic mass is 9.96. The van der Waals surface area contributed by atoms with Crippen LogP contribution in [0.1, 0.15) is 118 Å². The summed E-state index contributed by atoms with van der Waals surface area (Å²) in [6, 6.07) is -2.13. The zero-order valence-electron chi connectivity index (χ0n) is 32.4. The van der Waals surface area contributed by atoms with E-state index < -0.39 is 62.3 Å². The molecule has 0 spiro atoms. The normalized spacial score (nSPS) is 26.6. The predicted octanol–water partition coefficient (Wildman–Crippen LogP) is 4.31. The van der Waals surface area contributed by atoms with Crippen LogP contribution in [-0.2, 0) is 32.9 Å². The molecular formula is C36H60N7O10P. The number of aromatic nitrogens is 4. The van der Waals surface area contributed by atoms with Crippen molar-refractivity contribution < 1.29 is 47.8 Å². The van der Waals surface area contributed by atoms with E-state index in [1.807, 2.05) is 27.7 Å². The van der Waals surface area contributed by atoms with Crippen molar-refractivity contribution in [3.8, 4) is 5.88 Å². The Labute approximate surface area is 317 Å². The molecule has 54 heavy (non-hydrogen) atoms. The molecule has 6 N–H and O–H groups in total. The number of fused-ring (bicyclic) bond motifs is 1. The summed E-state index contributed by atoms with van der Waals surface area (Å²) >= 11 is 0. The highest BCUT2D eigenvalue weighted by Gasteiger charge is 2.54. The molecule has 2 saturated carbocycles. The van der Waals surface area contributed by atoms with Gasteiger partial charge in [-0.15, -0.1) is 0 Å². The Morgan fingerprint density at radius 2 is 1.50 bits per heavy atom. The molecule has 1 saturated heterocycles. The average Bonchev–Trinajstić information content (AvgIpc) is 3.68. The largest absolute Gasteiger partial charge is 0.479 e. The van der Waals surface area contributed by atoms with E-state index in [4.69, 9.17) is 29.2 Å². The lowest BCUT2D eigenvalue weighted by Gasteiger charge is -2.34. The van der Waals surface area contributed by atoms with Gasteiger partial charge in [0.2, 0.25) is 11.8 Å². The van der Waals surface area contributed by atoms with Crippen LogP contribution in [0.2, 0.25) is 0 Å². The SMILES string of the molecule is CC[C@H](C)[C@H](NP(=O)(N[C@H](C(=O)OC1CCCCC1)[C@@H](C)CC)OC[C@H]1O[C@@H](n2cnc3c(OC)nc(N)nc32)[C@](C)(O)[C@@H]1O)C(=O)OC1CCCCC1. The van der Waals surface area contributed by atoms with E-state index in [-0.39, 0.29) is 47.0 Å². The van der Waals surface area contributed by atoms with Crippen LogP contribution in [0.25, 0.3) is 11.2 Å². The van der Waals surface area contributed by atoms with Gasteiger partial charge < -0.3 is 39.4 Å². The lowest BCUT2D eigenvalue weighted by molar-refractivity contribution is -0.154. The Hall–Kier alpha value is -2.92. The van der Waals surface area contributed by atoms with Crippen molar-refractivity contribution in [3.05, 3.63) is 6.33 Å². The van der Waals surface area contributed by atoms with Crippen molar-refractivity contribution in [1.82, 2.24) is 29.7 Å². The Morgan fingerprint density at radius 1 is 0.981 bits per heavy atom. The molecular weight excluding hydrogens is 721 g/mol. The van der Waals surface area contributed by atoms with Gasteiger partial charge in [0.1, 0.15) is 42.1 Å². The summed E-state index contributed by atoms with van der Waals surface area (Å²) in [7, 11) is -2.98. The summed E-state index contributed by atoms with van der Waals surface area (Å²) in [6.07, 6.45) is 6.92. The molecule has 18 heteroatoms. The molecule has 0 bridgehead atoms. The van der Waals surface area contributed by atoms with Gasteiger partial charge >= 0.3 is 19.6 Å². The second-order valence-electron chi connectivity index (χ2n) is 15.3. The summed E-state index contributed by atoms with van der Waals surface area (Å²) in [4.78, 5) is 40.2. The van der Waals surface area contributed by atoms with Gasteiger partial charge in [-0.3, -0.25) is 18.7 Å². The molecule has 0 radical (unpaired) electrons. The predicted molar refractivity (Wildman–Crippen MR) is 199 cm³/mol. The van der Waals surface area contributed by atoms with Crippen molar-refractivity contribution in [2.24, 2.45) is 11.8 Å². The third-order valence-corrected chi connectivity index (χ3v) is 13.0. The summed E-state index contributed by atoms with van der Waals surface area (Å²) in [5.74, 6) is -1.78. The van der Waals surface area contributed by atoms with Crippen LogP contribution in [0.3, 0.4) is 0 Å². The fourth-order valence-corrected chi connectivity index (χ4v) is 9.42. The van der Waals surface area contributed by atoms with Crippen LogP contribution in [0, 0.1) is 11.8 Å². The molecule has 0 aromatic carbocycles. The molecule has 0 amide bonds. The van der Waals surface area contributed by atoms with E-state index in [2.05, 4.69) is 25.1 Å². The number of methoxy groups -OCH3 is 1. The fourth-order valence-electron chi connectivity index (χ4n) is 7.39. The summed E-state index contributed by atoms with van der Waals surface area (Å²) in [5, 5.41) is 28.9. The molecule has 0 unspecified atom stereocenters. The Bertz CT molecular complexity index is 1560. The molecule has 1 aliphatic heterocycles. The molecule has 8 atom stereocenters. The highest BCUT2D eigenvalue weighted by molar-refractivity contribution is 7.54. The third kappa shape index (κ3) is 9.71. The van der Waals surface area contributed by atoms with Gasteiger partial charge in [0.05, 0.1) is 20.0 Å². The third-order valence-electron chi connectivity index (χ3n) is 11.2. The number of nitrogens with two attached hydrogens (primary N) is 1. The second-order valence-corrected chi connectivity index (χ2v) is 17.2. The fraction of sp³-hybridized carbons (Fsp3) is 0.806. The number of hydrogen-bond donors (Lipinski definition) is 5. The Kier molecular flexibility index (Phi) is 14.3. The van der Waals surface area contributed by atoms with Gasteiger partial charge in [-0.05, 0) is 70.1 Å². The van der Waals surface area contributed by atoms with E-state index in [1.165, 1.54) is 24.9 Å². The van der Waals surface area contributed by atoms with Crippen molar-refractivity contribution in [2.45, 2.75) is 160 Å². The van der Waals surface area contributed by atoms with Gasteiger partial charge in [-0.2, -0.15) is 9.97 Å². The first kappa shape index (κ1) is 42.2. The second kappa shape index (κ2) is 18.4. The topological polar surface area (TPSA) is 231 Å². The number of esters is 2. The zero-order valence-corrected chi connectivity index (χ0v) is 33.3. The van der Waals surface area contributed by atoms with Crippen molar-refractivity contribution in [3.63, 3.8) is 0 Å². The van der Waals surface area contributed by atoms with Crippen molar-refractivity contribution in [1.29, 1.82) is 0 Å². The number of imidazole rings is 1. The maximum atomic E-state index is 15.2. The minimum Gasteiger partial charge on any atom is -0.479 e. The first-order valence-corrected chi connectivity index (χ1v) is 21.1. The maximum absolute atomic E-state index is 15.2. The van der Waals surface area contributed by atoms with Crippen LogP contribution in [0.4, 0.5) is 5.95 Å². The highest BCUT2D eigenvalue weighted by atomic mass is 31.2. The van der Waals surface area contributed by atoms with Gasteiger partial charge in [-0.1, -0.05) is 53.4 Å². The van der Waals surface area contributed by atoms with Crippen LogP contribution in [-0.4, -0.2) is 97.5 Å². The van der Waals surface area contributed by atoms with Crippen LogP contribution in [0.15, 0.2) is 6.33 Å². The zero-order chi connectivity index (χ0) is 39.2. The number of nitrogen functional groups attached to an aromatic ring is 1. The highest BCUT2D eigenvalue weighted by Crippen LogP contribution is 2.45. The Balaban J connectivity index is 1.43. The van der Waals surface area contributed by atoms with Gasteiger partial charge in [0.25, 0.3) is 0 Å². The van der Waals surface area contributed by atoms with Crippen LogP contribution in [0.5, 0.6) is 5.88 Å². The minimum absolute atomic E-state index is 0.104. The molecule has 3 heterocycles. The maximum Gasteiger partial charge on any atom is 0.342 e. The summed E-state index contributed by atoms with van der Waals surface area (Å²) in [5.41, 5.74) is 4.43. The number of carbonyl (C=O) groups excluding carboxylic acids is 2. The molecule has 3 fully saturated rings. The smallest absolute Gasteiger partial charge is 0.342 e. The van der Waals surface area contributed by atoms with E-state index in [1.54, 1.807) is 0 Å². The summed E-state index contributed by atoms with van der Waals surface area (Å²) in [6.45, 7) is 8.38. The number of nitrogens with one attached hydrogen (secondary N) is 2. The van der Waals surface area contributed by atoms with E-state index >= 15 is 4.57 Å². The Morgan fingerprint density at radius 3 is 1.98 bits per heavy atom. The van der Waals surface area contributed by atoms with Crippen LogP contribution >= 0.6 is 7.67 Å². The molecule has 304 valence electrons. The number of anilines is 1. The quantitative estimate of drug-likeness (QED) is 0.111. The number of aliphatic hydroxyl groups excluding tert-OH is 1. The molecule has 2 aliphatic carbocycles. The van der Waals surface area contributed by atoms with E-state index in [0.29, 0.717) is 12.8 Å². The monoisotopic (exact) mass is 781 g/mol. The number of carbonyl (C=O) groups is 2. The number of aliphatic hydroxyl groups is 2. The van der Waals surface area contributed by atoms with Crippen LogP contribution < -0.4 is 20.6 Å². The van der Waals surface area contributed by atoms with Gasteiger partial charge in [-0.25, -0.2) is 15.2 Å².